The molecule has 1 amide bonds. The number of nitrogens with zero attached hydrogens (tertiary/aromatic N) is 2. The first-order valence-electron chi connectivity index (χ1n) is 11.4. The average molecular weight is 456 g/mol. The highest BCUT2D eigenvalue weighted by Gasteiger charge is 2.16. The molecule has 8 heteroatoms. The largest absolute Gasteiger partial charge is 0.497 e. The summed E-state index contributed by atoms with van der Waals surface area (Å²) in [5, 5.41) is 2.76. The Morgan fingerprint density at radius 3 is 2.24 bits per heavy atom. The summed E-state index contributed by atoms with van der Waals surface area (Å²) in [7, 11) is 1.60. The van der Waals surface area contributed by atoms with Gasteiger partial charge in [-0.3, -0.25) is 9.59 Å². The van der Waals surface area contributed by atoms with Crippen LogP contribution < -0.4 is 19.7 Å². The number of rotatable bonds is 11. The van der Waals surface area contributed by atoms with Crippen molar-refractivity contribution in [2.45, 2.75) is 19.8 Å². The van der Waals surface area contributed by atoms with Crippen LogP contribution in [0.5, 0.6) is 11.5 Å². The van der Waals surface area contributed by atoms with E-state index < -0.39 is 5.97 Å². The van der Waals surface area contributed by atoms with Gasteiger partial charge in [0.15, 0.2) is 6.61 Å². The van der Waals surface area contributed by atoms with Crippen molar-refractivity contribution in [1.29, 1.82) is 0 Å². The molecular weight excluding hydrogens is 422 g/mol. The number of hydrogen-bond acceptors (Lipinski definition) is 7. The molecule has 2 aromatic carbocycles. The van der Waals surface area contributed by atoms with Crippen LogP contribution >= 0.6 is 0 Å². The van der Waals surface area contributed by atoms with Crippen molar-refractivity contribution in [3.8, 4) is 11.5 Å². The first kappa shape index (κ1) is 24.4. The number of nitrogens with one attached hydrogen (secondary N) is 1. The minimum Gasteiger partial charge on any atom is -0.497 e. The van der Waals surface area contributed by atoms with Crippen LogP contribution in [0.25, 0.3) is 0 Å². The molecule has 33 heavy (non-hydrogen) atoms. The monoisotopic (exact) mass is 455 g/mol. The number of amides is 1. The van der Waals surface area contributed by atoms with Crippen molar-refractivity contribution in [3.05, 3.63) is 48.5 Å². The minimum absolute atomic E-state index is 0.184. The predicted molar refractivity (Wildman–Crippen MR) is 128 cm³/mol. The van der Waals surface area contributed by atoms with E-state index in [2.05, 4.69) is 22.0 Å². The molecule has 1 fully saturated rings. The van der Waals surface area contributed by atoms with Gasteiger partial charge in [0, 0.05) is 44.0 Å². The molecule has 0 unspecified atom stereocenters. The van der Waals surface area contributed by atoms with Crippen LogP contribution in [0.1, 0.15) is 19.8 Å². The van der Waals surface area contributed by atoms with E-state index in [4.69, 9.17) is 14.2 Å². The summed E-state index contributed by atoms with van der Waals surface area (Å²) in [5.41, 5.74) is 1.83. The van der Waals surface area contributed by atoms with E-state index in [1.165, 1.54) is 0 Å². The van der Waals surface area contributed by atoms with E-state index in [0.717, 1.165) is 44.2 Å². The fourth-order valence-corrected chi connectivity index (χ4v) is 3.57. The fraction of sp³-hybridized carbons (Fsp3) is 0.440. The number of methoxy groups -OCH3 is 1. The van der Waals surface area contributed by atoms with Crippen molar-refractivity contribution in [2.24, 2.45) is 0 Å². The zero-order chi connectivity index (χ0) is 23.5. The summed E-state index contributed by atoms with van der Waals surface area (Å²) in [6.07, 6.45) is 0.684. The lowest BCUT2D eigenvalue weighted by Gasteiger charge is -2.35. The number of ether oxygens (including phenoxy) is 3. The van der Waals surface area contributed by atoms with Crippen LogP contribution in [-0.2, 0) is 14.3 Å². The molecule has 0 bridgehead atoms. The second-order valence-electron chi connectivity index (χ2n) is 7.80. The van der Waals surface area contributed by atoms with Gasteiger partial charge in [-0.05, 0) is 61.5 Å². The van der Waals surface area contributed by atoms with E-state index in [1.54, 1.807) is 19.2 Å². The number of hydrogen-bond donors (Lipinski definition) is 1. The van der Waals surface area contributed by atoms with Crippen LogP contribution in [0.4, 0.5) is 11.4 Å². The maximum absolute atomic E-state index is 12.1. The van der Waals surface area contributed by atoms with Gasteiger partial charge < -0.3 is 29.3 Å². The van der Waals surface area contributed by atoms with Gasteiger partial charge in [0.1, 0.15) is 11.5 Å². The molecule has 1 saturated heterocycles. The van der Waals surface area contributed by atoms with Crippen molar-refractivity contribution in [2.75, 3.05) is 63.3 Å². The second-order valence-corrected chi connectivity index (χ2v) is 7.80. The van der Waals surface area contributed by atoms with Crippen LogP contribution in [0, 0.1) is 0 Å². The first-order chi connectivity index (χ1) is 16.1. The van der Waals surface area contributed by atoms with E-state index in [0.29, 0.717) is 24.5 Å². The Balaban J connectivity index is 1.30. The topological polar surface area (TPSA) is 80.3 Å². The number of anilines is 2. The first-order valence-corrected chi connectivity index (χ1v) is 11.4. The molecule has 0 aromatic heterocycles. The summed E-state index contributed by atoms with van der Waals surface area (Å²) < 4.78 is 15.7. The third-order valence-corrected chi connectivity index (χ3v) is 5.55. The molecule has 3 rings (SSSR count). The van der Waals surface area contributed by atoms with Gasteiger partial charge in [0.25, 0.3) is 5.91 Å². The Morgan fingerprint density at radius 2 is 1.61 bits per heavy atom. The molecule has 1 heterocycles. The van der Waals surface area contributed by atoms with Crippen molar-refractivity contribution in [1.82, 2.24) is 4.90 Å². The second kappa shape index (κ2) is 12.7. The Bertz CT molecular complexity index is 878. The Kier molecular flexibility index (Phi) is 9.38. The molecule has 178 valence electrons. The van der Waals surface area contributed by atoms with E-state index in [-0.39, 0.29) is 18.9 Å². The summed E-state index contributed by atoms with van der Waals surface area (Å²) in [5.74, 6) is 0.676. The smallest absolute Gasteiger partial charge is 0.306 e. The van der Waals surface area contributed by atoms with Crippen LogP contribution in [0.2, 0.25) is 0 Å². The summed E-state index contributed by atoms with van der Waals surface area (Å²) >= 11 is 0. The lowest BCUT2D eigenvalue weighted by molar-refractivity contribution is -0.147. The predicted octanol–water partition coefficient (Wildman–Crippen LogP) is 3.18. The molecule has 1 N–H and O–H groups in total. The SMILES string of the molecule is CCN1CCN(c2ccc(NC(=O)COC(=O)CCCOc3ccc(OC)cc3)cc2)CC1. The molecule has 0 radical (unpaired) electrons. The van der Waals surface area contributed by atoms with Crippen molar-refractivity contribution < 1.29 is 23.8 Å². The number of carbonyl (C=O) groups excluding carboxylic acids is 2. The van der Waals surface area contributed by atoms with E-state index in [9.17, 15) is 9.59 Å². The Hall–Kier alpha value is -3.26. The van der Waals surface area contributed by atoms with Crippen molar-refractivity contribution >= 4 is 23.3 Å². The molecule has 0 spiro atoms. The van der Waals surface area contributed by atoms with Crippen LogP contribution in [-0.4, -0.2) is 69.8 Å². The third kappa shape index (κ3) is 7.98. The highest BCUT2D eigenvalue weighted by Crippen LogP contribution is 2.20. The molecule has 1 aliphatic rings. The van der Waals surface area contributed by atoms with Gasteiger partial charge in [-0.1, -0.05) is 6.92 Å². The van der Waals surface area contributed by atoms with Gasteiger partial charge in [-0.2, -0.15) is 0 Å². The molecule has 0 atom stereocenters. The fourth-order valence-electron chi connectivity index (χ4n) is 3.57. The maximum Gasteiger partial charge on any atom is 0.306 e. The molecule has 0 saturated carbocycles. The lowest BCUT2D eigenvalue weighted by Crippen LogP contribution is -2.46. The van der Waals surface area contributed by atoms with Crippen LogP contribution in [0.15, 0.2) is 48.5 Å². The number of carbonyl (C=O) groups is 2. The van der Waals surface area contributed by atoms with Gasteiger partial charge in [-0.15, -0.1) is 0 Å². The number of benzene rings is 2. The third-order valence-electron chi connectivity index (χ3n) is 5.55. The van der Waals surface area contributed by atoms with E-state index in [1.807, 2.05) is 36.4 Å². The summed E-state index contributed by atoms with van der Waals surface area (Å²) in [6.45, 7) is 7.47. The number of esters is 1. The standard InChI is InChI=1S/C25H33N3O5/c1-3-27-14-16-28(17-15-27)21-8-6-20(7-9-21)26-24(29)19-33-25(30)5-4-18-32-23-12-10-22(31-2)11-13-23/h6-13H,3-5,14-19H2,1-2H3,(H,26,29). The Morgan fingerprint density at radius 1 is 0.939 bits per heavy atom. The average Bonchev–Trinajstić information content (AvgIpc) is 2.86. The molecule has 8 nitrogen and oxygen atoms in total. The molecule has 2 aromatic rings. The molecule has 0 aliphatic carbocycles. The molecule has 1 aliphatic heterocycles. The summed E-state index contributed by atoms with van der Waals surface area (Å²) in [6, 6.07) is 15.0. The summed E-state index contributed by atoms with van der Waals surface area (Å²) in [4.78, 5) is 28.8. The normalized spacial score (nSPS) is 13.9. The Labute approximate surface area is 195 Å². The van der Waals surface area contributed by atoms with Gasteiger partial charge >= 0.3 is 5.97 Å². The van der Waals surface area contributed by atoms with Gasteiger partial charge in [0.2, 0.25) is 0 Å². The number of likely N-dealkylation sites (N-methyl/N-ethyl adjacent to an activating group) is 1. The maximum atomic E-state index is 12.1. The quantitative estimate of drug-likeness (QED) is 0.412. The molecular formula is C25H33N3O5. The van der Waals surface area contributed by atoms with Gasteiger partial charge in [0.05, 0.1) is 13.7 Å². The van der Waals surface area contributed by atoms with Gasteiger partial charge in [-0.25, -0.2) is 0 Å². The van der Waals surface area contributed by atoms with Crippen molar-refractivity contribution in [3.63, 3.8) is 0 Å². The minimum atomic E-state index is -0.426. The number of piperazine rings is 1. The zero-order valence-electron chi connectivity index (χ0n) is 19.4. The lowest BCUT2D eigenvalue weighted by atomic mass is 10.2. The van der Waals surface area contributed by atoms with Crippen LogP contribution in [0.3, 0.4) is 0 Å². The highest BCUT2D eigenvalue weighted by molar-refractivity contribution is 5.92. The highest BCUT2D eigenvalue weighted by atomic mass is 16.5. The zero-order valence-corrected chi connectivity index (χ0v) is 19.4. The van der Waals surface area contributed by atoms with E-state index >= 15 is 0 Å².